The summed E-state index contributed by atoms with van der Waals surface area (Å²) in [6.07, 6.45) is -3.10. The average Bonchev–Trinajstić information content (AvgIpc) is 3.18. The molecule has 3 N–H and O–H groups in total. The van der Waals surface area contributed by atoms with E-state index < -0.39 is 12.1 Å². The van der Waals surface area contributed by atoms with Crippen molar-refractivity contribution in [3.63, 3.8) is 0 Å². The molecule has 0 aliphatic heterocycles. The summed E-state index contributed by atoms with van der Waals surface area (Å²) in [5, 5.41) is 8.89. The lowest BCUT2D eigenvalue weighted by atomic mass is 10.1. The third kappa shape index (κ3) is 5.29. The number of nitrogens with two attached hydrogens (primary N) is 1. The zero-order valence-electron chi connectivity index (χ0n) is 18.6. The number of para-hydroxylation sites is 1. The topological polar surface area (TPSA) is 103 Å². The summed E-state index contributed by atoms with van der Waals surface area (Å²) in [6, 6.07) is 11.2. The summed E-state index contributed by atoms with van der Waals surface area (Å²) in [5.74, 6) is -2.76. The lowest BCUT2D eigenvalue weighted by molar-refractivity contribution is -0.192. The minimum Gasteiger partial charge on any atom is -0.475 e. The van der Waals surface area contributed by atoms with Gasteiger partial charge in [0.05, 0.1) is 21.1 Å². The molecule has 4 rings (SSSR count). The minimum absolute atomic E-state index is 0.192. The van der Waals surface area contributed by atoms with Crippen molar-refractivity contribution in [2.75, 3.05) is 6.54 Å². The highest BCUT2D eigenvalue weighted by Crippen LogP contribution is 2.32. The third-order valence-corrected chi connectivity index (χ3v) is 6.06. The monoisotopic (exact) mass is 528 g/mol. The molecule has 0 radical (unpaired) electrons. The second kappa shape index (κ2) is 10.3. The Morgan fingerprint density at radius 2 is 1.77 bits per heavy atom. The number of halogens is 5. The number of nitrogens with zero attached hydrogens (tertiary/aromatic N) is 3. The van der Waals surface area contributed by atoms with Crippen molar-refractivity contribution in [3.05, 3.63) is 63.0 Å². The van der Waals surface area contributed by atoms with Gasteiger partial charge in [0.15, 0.2) is 0 Å². The first-order valence-electron chi connectivity index (χ1n) is 10.4. The Hall–Kier alpha value is -3.08. The van der Waals surface area contributed by atoms with Gasteiger partial charge in [-0.25, -0.2) is 9.78 Å². The molecular formula is C23H21Cl2F3N4O3. The van der Waals surface area contributed by atoms with E-state index in [-0.39, 0.29) is 11.6 Å². The zero-order valence-corrected chi connectivity index (χ0v) is 20.1. The predicted molar refractivity (Wildman–Crippen MR) is 130 cm³/mol. The van der Waals surface area contributed by atoms with Crippen molar-refractivity contribution in [1.82, 2.24) is 14.1 Å². The standard InChI is InChI=1S/C21H20Cl2N4O.C2HF3O2/c1-3-26-11-14(13-6-4-5-7-18(13)26)20-21(28)27(12(2)10-24)19-9-16(23)15(22)8-17(19)25-20;3-2(4,5)1(6)7/h4-9,11-12H,3,10,24H2,1-2H3;(H,6,7). The fraction of sp³-hybridized carbons (Fsp3) is 0.261. The van der Waals surface area contributed by atoms with E-state index in [1.165, 1.54) is 0 Å². The SMILES string of the molecule is CCn1cc(-c2nc3cc(Cl)c(Cl)cc3n(C(C)CN)c2=O)c2ccccc21.O=C(O)C(F)(F)F. The number of aromatic nitrogens is 3. The lowest BCUT2D eigenvalue weighted by Gasteiger charge is -2.18. The van der Waals surface area contributed by atoms with E-state index in [2.05, 4.69) is 11.5 Å². The fourth-order valence-electron chi connectivity index (χ4n) is 3.62. The van der Waals surface area contributed by atoms with Crippen molar-refractivity contribution in [1.29, 1.82) is 0 Å². The Morgan fingerprint density at radius 3 is 2.34 bits per heavy atom. The minimum atomic E-state index is -5.08. The van der Waals surface area contributed by atoms with E-state index in [0.717, 1.165) is 23.0 Å². The first kappa shape index (κ1) is 26.5. The number of carbonyl (C=O) groups is 1. The second-order valence-electron chi connectivity index (χ2n) is 7.62. The number of alkyl halides is 3. The molecule has 186 valence electrons. The number of hydrogen-bond donors (Lipinski definition) is 2. The Kier molecular flexibility index (Phi) is 7.78. The largest absolute Gasteiger partial charge is 0.490 e. The van der Waals surface area contributed by atoms with E-state index in [1.54, 1.807) is 16.7 Å². The summed E-state index contributed by atoms with van der Waals surface area (Å²) < 4.78 is 35.5. The summed E-state index contributed by atoms with van der Waals surface area (Å²) in [6.45, 7) is 5.08. The molecule has 0 amide bonds. The van der Waals surface area contributed by atoms with Crippen LogP contribution in [0.25, 0.3) is 33.2 Å². The van der Waals surface area contributed by atoms with Crippen LogP contribution < -0.4 is 11.3 Å². The maximum Gasteiger partial charge on any atom is 0.490 e. The quantitative estimate of drug-likeness (QED) is 0.364. The van der Waals surface area contributed by atoms with Gasteiger partial charge < -0.3 is 20.0 Å². The van der Waals surface area contributed by atoms with Gasteiger partial charge in [0, 0.05) is 41.8 Å². The van der Waals surface area contributed by atoms with Gasteiger partial charge in [-0.05, 0) is 32.0 Å². The predicted octanol–water partition coefficient (Wildman–Crippen LogP) is 5.50. The Balaban J connectivity index is 0.000000429. The second-order valence-corrected chi connectivity index (χ2v) is 8.44. The molecule has 7 nitrogen and oxygen atoms in total. The molecule has 1 atom stereocenters. The number of carboxylic acid groups (broad SMARTS) is 1. The molecule has 0 aliphatic rings. The molecule has 2 aromatic carbocycles. The van der Waals surface area contributed by atoms with Gasteiger partial charge in [0.1, 0.15) is 5.69 Å². The van der Waals surface area contributed by atoms with Gasteiger partial charge >= 0.3 is 12.1 Å². The van der Waals surface area contributed by atoms with Crippen molar-refractivity contribution < 1.29 is 23.1 Å². The van der Waals surface area contributed by atoms with Crippen LogP contribution in [0.5, 0.6) is 0 Å². The number of aryl methyl sites for hydroxylation is 1. The molecule has 35 heavy (non-hydrogen) atoms. The smallest absolute Gasteiger partial charge is 0.475 e. The molecule has 1 unspecified atom stereocenters. The van der Waals surface area contributed by atoms with Gasteiger partial charge in [-0.1, -0.05) is 41.4 Å². The summed E-state index contributed by atoms with van der Waals surface area (Å²) in [7, 11) is 0. The van der Waals surface area contributed by atoms with Crippen LogP contribution in [0.2, 0.25) is 10.0 Å². The van der Waals surface area contributed by atoms with Crippen molar-refractivity contribution in [2.45, 2.75) is 32.6 Å². The molecule has 0 spiro atoms. The highest BCUT2D eigenvalue weighted by atomic mass is 35.5. The third-order valence-electron chi connectivity index (χ3n) is 5.34. The number of aliphatic carboxylic acids is 1. The van der Waals surface area contributed by atoms with Crippen LogP contribution in [0.1, 0.15) is 19.9 Å². The van der Waals surface area contributed by atoms with E-state index in [4.69, 9.17) is 43.8 Å². The molecule has 12 heteroatoms. The highest BCUT2D eigenvalue weighted by Gasteiger charge is 2.38. The summed E-state index contributed by atoms with van der Waals surface area (Å²) in [4.78, 5) is 27.1. The summed E-state index contributed by atoms with van der Waals surface area (Å²) in [5.41, 5.74) is 9.18. The average molecular weight is 529 g/mol. The molecule has 0 saturated heterocycles. The van der Waals surface area contributed by atoms with Crippen LogP contribution in [0.4, 0.5) is 13.2 Å². The van der Waals surface area contributed by atoms with Crippen LogP contribution >= 0.6 is 23.2 Å². The molecule has 0 saturated carbocycles. The molecule has 2 heterocycles. The van der Waals surface area contributed by atoms with E-state index in [1.807, 2.05) is 37.4 Å². The van der Waals surface area contributed by atoms with Gasteiger partial charge in [0.25, 0.3) is 5.56 Å². The van der Waals surface area contributed by atoms with Gasteiger partial charge in [-0.3, -0.25) is 4.79 Å². The Bertz CT molecular complexity index is 1460. The summed E-state index contributed by atoms with van der Waals surface area (Å²) >= 11 is 12.4. The van der Waals surface area contributed by atoms with E-state index in [9.17, 15) is 18.0 Å². The van der Waals surface area contributed by atoms with Crippen LogP contribution in [0.3, 0.4) is 0 Å². The zero-order chi connectivity index (χ0) is 26.1. The molecule has 0 bridgehead atoms. The van der Waals surface area contributed by atoms with Crippen molar-refractivity contribution in [3.8, 4) is 11.3 Å². The number of benzene rings is 2. The number of fused-ring (bicyclic) bond motifs is 2. The van der Waals surface area contributed by atoms with Crippen molar-refractivity contribution in [2.24, 2.45) is 5.73 Å². The molecule has 2 aromatic heterocycles. The van der Waals surface area contributed by atoms with Crippen LogP contribution in [-0.4, -0.2) is 37.9 Å². The number of hydrogen-bond acceptors (Lipinski definition) is 4. The number of carboxylic acids is 1. The normalized spacial score (nSPS) is 12.5. The maximum absolute atomic E-state index is 13.5. The first-order valence-corrected chi connectivity index (χ1v) is 11.2. The van der Waals surface area contributed by atoms with Crippen LogP contribution in [0, 0.1) is 0 Å². The Labute approximate surface area is 207 Å². The fourth-order valence-corrected chi connectivity index (χ4v) is 3.93. The van der Waals surface area contributed by atoms with Crippen LogP contribution in [0.15, 0.2) is 47.4 Å². The van der Waals surface area contributed by atoms with Crippen molar-refractivity contribution >= 4 is 51.1 Å². The number of rotatable bonds is 4. The van der Waals surface area contributed by atoms with Gasteiger partial charge in [0.2, 0.25) is 0 Å². The Morgan fingerprint density at radius 1 is 1.17 bits per heavy atom. The highest BCUT2D eigenvalue weighted by molar-refractivity contribution is 6.42. The molecule has 4 aromatic rings. The van der Waals surface area contributed by atoms with E-state index in [0.29, 0.717) is 33.3 Å². The van der Waals surface area contributed by atoms with Gasteiger partial charge in [-0.2, -0.15) is 13.2 Å². The first-order chi connectivity index (χ1) is 16.4. The lowest BCUT2D eigenvalue weighted by Crippen LogP contribution is -2.30. The molecule has 0 fully saturated rings. The van der Waals surface area contributed by atoms with Gasteiger partial charge in [-0.15, -0.1) is 0 Å². The van der Waals surface area contributed by atoms with E-state index >= 15 is 0 Å². The maximum atomic E-state index is 13.5. The molecule has 0 aliphatic carbocycles. The van der Waals surface area contributed by atoms with Crippen LogP contribution in [-0.2, 0) is 11.3 Å². The molecular weight excluding hydrogens is 508 g/mol.